The molecule has 178 valence electrons. The maximum atomic E-state index is 13.4. The summed E-state index contributed by atoms with van der Waals surface area (Å²) in [6.07, 6.45) is 4.25. The van der Waals surface area contributed by atoms with Crippen LogP contribution in [-0.4, -0.2) is 33.0 Å². The van der Waals surface area contributed by atoms with E-state index in [-0.39, 0.29) is 11.4 Å². The minimum atomic E-state index is -4.00. The van der Waals surface area contributed by atoms with Crippen molar-refractivity contribution in [3.8, 4) is 5.75 Å². The quantitative estimate of drug-likeness (QED) is 0.375. The first-order valence-corrected chi connectivity index (χ1v) is 12.4. The third-order valence-electron chi connectivity index (χ3n) is 5.37. The lowest BCUT2D eigenvalue weighted by atomic mass is 10.1. The number of carbonyl (C=O) groups excluding carboxylic acids is 1. The number of para-hydroxylation sites is 1. The smallest absolute Gasteiger partial charge is 0.264 e. The second kappa shape index (κ2) is 10.8. The van der Waals surface area contributed by atoms with E-state index < -0.39 is 15.9 Å². The number of rotatable bonds is 9. The van der Waals surface area contributed by atoms with Crippen LogP contribution in [0.1, 0.15) is 11.1 Å². The fraction of sp³-hybridized carbons (Fsp3) is 0.111. The first-order chi connectivity index (χ1) is 17.0. The van der Waals surface area contributed by atoms with Crippen LogP contribution in [0.5, 0.6) is 5.75 Å². The Labute approximate surface area is 205 Å². The Hall–Kier alpha value is -4.17. The Bertz CT molecular complexity index is 1360. The summed E-state index contributed by atoms with van der Waals surface area (Å²) in [5.41, 5.74) is 3.20. The first-order valence-electron chi connectivity index (χ1n) is 11.0. The van der Waals surface area contributed by atoms with Gasteiger partial charge in [0.2, 0.25) is 5.91 Å². The molecule has 0 aliphatic heterocycles. The van der Waals surface area contributed by atoms with Gasteiger partial charge in [0.1, 0.15) is 12.3 Å². The molecule has 0 aliphatic rings. The SMILES string of the molecule is COc1ccc(S(=O)(=O)N(CC(=O)Nc2ccc(Cc3ccncc3)cc2)c2ccccc2)cc1. The number of anilines is 2. The molecular weight excluding hydrogens is 462 g/mol. The molecule has 0 saturated heterocycles. The monoisotopic (exact) mass is 487 g/mol. The highest BCUT2D eigenvalue weighted by atomic mass is 32.2. The molecule has 0 bridgehead atoms. The summed E-state index contributed by atoms with van der Waals surface area (Å²) >= 11 is 0. The van der Waals surface area contributed by atoms with Gasteiger partial charge in [-0.3, -0.25) is 14.1 Å². The van der Waals surface area contributed by atoms with Crippen molar-refractivity contribution in [2.75, 3.05) is 23.3 Å². The van der Waals surface area contributed by atoms with Crippen LogP contribution in [0.2, 0.25) is 0 Å². The number of benzene rings is 3. The maximum Gasteiger partial charge on any atom is 0.264 e. The fourth-order valence-electron chi connectivity index (χ4n) is 3.56. The molecule has 1 amide bonds. The van der Waals surface area contributed by atoms with E-state index in [1.165, 1.54) is 19.2 Å². The van der Waals surface area contributed by atoms with Crippen LogP contribution >= 0.6 is 0 Å². The van der Waals surface area contributed by atoms with Crippen molar-refractivity contribution in [3.05, 3.63) is 115 Å². The average molecular weight is 488 g/mol. The summed E-state index contributed by atoms with van der Waals surface area (Å²) in [7, 11) is -2.49. The number of carbonyl (C=O) groups is 1. The molecule has 7 nitrogen and oxygen atoms in total. The van der Waals surface area contributed by atoms with Gasteiger partial charge in [-0.2, -0.15) is 0 Å². The molecule has 8 heteroatoms. The molecule has 0 spiro atoms. The number of aromatic nitrogens is 1. The number of nitrogens with zero attached hydrogens (tertiary/aromatic N) is 2. The number of hydrogen-bond donors (Lipinski definition) is 1. The Kier molecular flexibility index (Phi) is 7.42. The highest BCUT2D eigenvalue weighted by molar-refractivity contribution is 7.92. The minimum absolute atomic E-state index is 0.0652. The van der Waals surface area contributed by atoms with E-state index in [0.717, 1.165) is 21.9 Å². The third-order valence-corrected chi connectivity index (χ3v) is 7.16. The van der Waals surface area contributed by atoms with Crippen molar-refractivity contribution < 1.29 is 17.9 Å². The lowest BCUT2D eigenvalue weighted by Gasteiger charge is -2.24. The number of methoxy groups -OCH3 is 1. The summed E-state index contributed by atoms with van der Waals surface area (Å²) in [6.45, 7) is -0.378. The predicted octanol–water partition coefficient (Wildman–Crippen LogP) is 4.52. The summed E-state index contributed by atoms with van der Waals surface area (Å²) in [5, 5.41) is 2.80. The van der Waals surface area contributed by atoms with Crippen LogP contribution in [0.15, 0.2) is 108 Å². The van der Waals surface area contributed by atoms with Crippen LogP contribution in [0.3, 0.4) is 0 Å². The van der Waals surface area contributed by atoms with E-state index in [9.17, 15) is 13.2 Å². The largest absolute Gasteiger partial charge is 0.497 e. The minimum Gasteiger partial charge on any atom is -0.497 e. The lowest BCUT2D eigenvalue weighted by molar-refractivity contribution is -0.114. The zero-order chi connectivity index (χ0) is 24.7. The molecule has 0 unspecified atom stereocenters. The van der Waals surface area contributed by atoms with Crippen LogP contribution in [0.4, 0.5) is 11.4 Å². The number of hydrogen-bond acceptors (Lipinski definition) is 5. The topological polar surface area (TPSA) is 88.6 Å². The molecule has 0 aliphatic carbocycles. The number of ether oxygens (including phenoxy) is 1. The second-order valence-electron chi connectivity index (χ2n) is 7.80. The molecule has 1 aromatic heterocycles. The average Bonchev–Trinajstić information content (AvgIpc) is 2.89. The van der Waals surface area contributed by atoms with Crippen molar-refractivity contribution in [1.29, 1.82) is 0 Å². The number of nitrogens with one attached hydrogen (secondary N) is 1. The summed E-state index contributed by atoms with van der Waals surface area (Å²) < 4.78 is 33.1. The molecule has 4 rings (SSSR count). The molecule has 1 N–H and O–H groups in total. The normalized spacial score (nSPS) is 11.0. The molecule has 1 heterocycles. The van der Waals surface area contributed by atoms with Gasteiger partial charge in [0.15, 0.2) is 0 Å². The lowest BCUT2D eigenvalue weighted by Crippen LogP contribution is -2.38. The van der Waals surface area contributed by atoms with E-state index in [1.807, 2.05) is 24.3 Å². The van der Waals surface area contributed by atoms with Gasteiger partial charge in [0.05, 0.1) is 17.7 Å². The Balaban J connectivity index is 1.50. The molecular formula is C27H25N3O4S. The van der Waals surface area contributed by atoms with E-state index in [4.69, 9.17) is 4.74 Å². The Morgan fingerprint density at radius 1 is 0.857 bits per heavy atom. The van der Waals surface area contributed by atoms with Crippen LogP contribution < -0.4 is 14.4 Å². The molecule has 0 radical (unpaired) electrons. The second-order valence-corrected chi connectivity index (χ2v) is 9.66. The van der Waals surface area contributed by atoms with Crippen molar-refractivity contribution in [2.45, 2.75) is 11.3 Å². The van der Waals surface area contributed by atoms with Crippen molar-refractivity contribution >= 4 is 27.3 Å². The van der Waals surface area contributed by atoms with Gasteiger partial charge in [-0.15, -0.1) is 0 Å². The molecule has 35 heavy (non-hydrogen) atoms. The van der Waals surface area contributed by atoms with Gasteiger partial charge >= 0.3 is 0 Å². The molecule has 0 fully saturated rings. The van der Waals surface area contributed by atoms with Gasteiger partial charge < -0.3 is 10.1 Å². The standard InChI is InChI=1S/C27H25N3O4S/c1-34-25-11-13-26(14-12-25)35(32,33)30(24-5-3-2-4-6-24)20-27(31)29-23-9-7-21(8-10-23)19-22-15-17-28-18-16-22/h2-18H,19-20H2,1H3,(H,29,31). The van der Waals surface area contributed by atoms with Crippen LogP contribution in [-0.2, 0) is 21.2 Å². The Morgan fingerprint density at radius 3 is 2.11 bits per heavy atom. The van der Waals surface area contributed by atoms with Gasteiger partial charge in [-0.05, 0) is 78.2 Å². The van der Waals surface area contributed by atoms with E-state index in [1.54, 1.807) is 67.0 Å². The summed E-state index contributed by atoms with van der Waals surface area (Å²) in [6, 6.07) is 26.0. The highest BCUT2D eigenvalue weighted by Gasteiger charge is 2.27. The molecule has 4 aromatic rings. The highest BCUT2D eigenvalue weighted by Crippen LogP contribution is 2.25. The van der Waals surface area contributed by atoms with Crippen molar-refractivity contribution in [2.24, 2.45) is 0 Å². The fourth-order valence-corrected chi connectivity index (χ4v) is 4.98. The van der Waals surface area contributed by atoms with E-state index >= 15 is 0 Å². The van der Waals surface area contributed by atoms with Gasteiger partial charge in [-0.1, -0.05) is 30.3 Å². The molecule has 0 atom stereocenters. The first kappa shape index (κ1) is 24.0. The molecule has 0 saturated carbocycles. The van der Waals surface area contributed by atoms with Gasteiger partial charge in [0.25, 0.3) is 10.0 Å². The zero-order valence-corrected chi connectivity index (χ0v) is 20.0. The molecule has 3 aromatic carbocycles. The van der Waals surface area contributed by atoms with E-state index in [0.29, 0.717) is 17.1 Å². The van der Waals surface area contributed by atoms with Crippen LogP contribution in [0, 0.1) is 0 Å². The number of pyridine rings is 1. The van der Waals surface area contributed by atoms with Crippen molar-refractivity contribution in [3.63, 3.8) is 0 Å². The third kappa shape index (κ3) is 6.04. The number of amides is 1. The zero-order valence-electron chi connectivity index (χ0n) is 19.2. The number of sulfonamides is 1. The maximum absolute atomic E-state index is 13.4. The van der Waals surface area contributed by atoms with Crippen molar-refractivity contribution in [1.82, 2.24) is 4.98 Å². The summed E-state index contributed by atoms with van der Waals surface area (Å²) in [5.74, 6) is 0.0909. The van der Waals surface area contributed by atoms with Gasteiger partial charge in [0, 0.05) is 18.1 Å². The summed E-state index contributed by atoms with van der Waals surface area (Å²) in [4.78, 5) is 17.0. The Morgan fingerprint density at radius 2 is 1.49 bits per heavy atom. The van der Waals surface area contributed by atoms with Crippen LogP contribution in [0.25, 0.3) is 0 Å². The van der Waals surface area contributed by atoms with E-state index in [2.05, 4.69) is 10.3 Å². The predicted molar refractivity (Wildman–Crippen MR) is 136 cm³/mol. The van der Waals surface area contributed by atoms with Gasteiger partial charge in [-0.25, -0.2) is 8.42 Å².